The van der Waals surface area contributed by atoms with Gasteiger partial charge in [0.05, 0.1) is 6.42 Å². The van der Waals surface area contributed by atoms with Crippen LogP contribution in [0.25, 0.3) is 0 Å². The van der Waals surface area contributed by atoms with Gasteiger partial charge >= 0.3 is 11.9 Å². The van der Waals surface area contributed by atoms with Crippen molar-refractivity contribution in [2.75, 3.05) is 0 Å². The van der Waals surface area contributed by atoms with E-state index in [9.17, 15) is 19.2 Å². The lowest BCUT2D eigenvalue weighted by atomic mass is 10.2. The van der Waals surface area contributed by atoms with E-state index >= 15 is 0 Å². The summed E-state index contributed by atoms with van der Waals surface area (Å²) in [6, 6.07) is -0.215. The fourth-order valence-electron chi connectivity index (χ4n) is 1.59. The summed E-state index contributed by atoms with van der Waals surface area (Å²) in [7, 11) is 1.52. The number of amides is 1. The average molecular weight is 282 g/mol. The van der Waals surface area contributed by atoms with Crippen LogP contribution in [0.2, 0.25) is 0 Å². The van der Waals surface area contributed by atoms with Crippen LogP contribution in [0.15, 0.2) is 12.3 Å². The number of rotatable bonds is 6. The Morgan fingerprint density at radius 2 is 1.90 bits per heavy atom. The van der Waals surface area contributed by atoms with Crippen LogP contribution < -0.4 is 5.32 Å². The van der Waals surface area contributed by atoms with Crippen LogP contribution in [0.1, 0.15) is 34.2 Å². The molecule has 0 aliphatic carbocycles. The van der Waals surface area contributed by atoms with E-state index in [0.717, 1.165) is 0 Å². The summed E-state index contributed by atoms with van der Waals surface area (Å²) in [5, 5.41) is 19.5. The lowest BCUT2D eigenvalue weighted by Crippen LogP contribution is -2.42. The van der Waals surface area contributed by atoms with E-state index in [-0.39, 0.29) is 11.5 Å². The van der Waals surface area contributed by atoms with Crippen LogP contribution in [0.3, 0.4) is 0 Å². The van der Waals surface area contributed by atoms with Crippen LogP contribution in [0, 0.1) is 0 Å². The molecule has 0 aromatic carbocycles. The van der Waals surface area contributed by atoms with E-state index in [1.165, 1.54) is 30.8 Å². The number of hydrogen-bond acceptors (Lipinski definition) is 4. The van der Waals surface area contributed by atoms with Gasteiger partial charge in [0.15, 0.2) is 5.78 Å². The normalized spacial score (nSPS) is 11.7. The second-order valence-corrected chi connectivity index (χ2v) is 4.24. The number of nitrogens with zero attached hydrogens (tertiary/aromatic N) is 1. The number of hydrogen-bond donors (Lipinski definition) is 3. The molecule has 0 unspecified atom stereocenters. The minimum absolute atomic E-state index is 0.0758. The van der Waals surface area contributed by atoms with Crippen molar-refractivity contribution in [1.29, 1.82) is 0 Å². The molecule has 8 heteroatoms. The van der Waals surface area contributed by atoms with Gasteiger partial charge < -0.3 is 20.1 Å². The highest BCUT2D eigenvalue weighted by Crippen LogP contribution is 2.08. The molecule has 1 aromatic heterocycles. The molecule has 1 atom stereocenters. The minimum Gasteiger partial charge on any atom is -0.481 e. The van der Waals surface area contributed by atoms with Gasteiger partial charge in [-0.1, -0.05) is 0 Å². The first-order valence-corrected chi connectivity index (χ1v) is 5.65. The monoisotopic (exact) mass is 282 g/mol. The maximum atomic E-state index is 11.9. The zero-order chi connectivity index (χ0) is 15.4. The zero-order valence-corrected chi connectivity index (χ0v) is 10.9. The maximum Gasteiger partial charge on any atom is 0.326 e. The van der Waals surface area contributed by atoms with Crippen molar-refractivity contribution >= 4 is 23.6 Å². The Balaban J connectivity index is 2.91. The summed E-state index contributed by atoms with van der Waals surface area (Å²) in [5.74, 6) is -3.77. The number of Topliss-reactive ketones (excluding diaryl/α,β-unsaturated/α-hetero) is 1. The molecule has 3 N–H and O–H groups in total. The lowest BCUT2D eigenvalue weighted by Gasteiger charge is -2.12. The molecule has 0 fully saturated rings. The number of nitrogens with one attached hydrogen (secondary N) is 1. The van der Waals surface area contributed by atoms with Gasteiger partial charge in [-0.25, -0.2) is 4.79 Å². The third-order valence-corrected chi connectivity index (χ3v) is 2.63. The standard InChI is InChI=1S/C12H14N2O6/c1-6(15)7-3-9(14(2)5-7)11(18)13-8(12(19)20)4-10(16)17/h3,5,8H,4H2,1-2H3,(H,13,18)(H,16,17)(H,19,20)/t8-/m1/s1. The van der Waals surface area contributed by atoms with Crippen LogP contribution in [0.5, 0.6) is 0 Å². The highest BCUT2D eigenvalue weighted by molar-refractivity contribution is 6.00. The number of carboxylic acid groups (broad SMARTS) is 2. The van der Waals surface area contributed by atoms with Gasteiger partial charge in [0.25, 0.3) is 5.91 Å². The molecule has 0 spiro atoms. The van der Waals surface area contributed by atoms with Crippen molar-refractivity contribution in [2.24, 2.45) is 7.05 Å². The van der Waals surface area contributed by atoms with E-state index in [4.69, 9.17) is 10.2 Å². The Bertz CT molecular complexity index is 575. The van der Waals surface area contributed by atoms with Gasteiger partial charge in [-0.05, 0) is 13.0 Å². The van der Waals surface area contributed by atoms with Gasteiger partial charge in [0.2, 0.25) is 0 Å². The fraction of sp³-hybridized carbons (Fsp3) is 0.333. The summed E-state index contributed by atoms with van der Waals surface area (Å²) in [4.78, 5) is 44.5. The van der Waals surface area contributed by atoms with Crippen molar-refractivity contribution < 1.29 is 29.4 Å². The first kappa shape index (κ1) is 15.4. The molecule has 0 aliphatic heterocycles. The summed E-state index contributed by atoms with van der Waals surface area (Å²) < 4.78 is 1.37. The van der Waals surface area contributed by atoms with E-state index < -0.39 is 30.3 Å². The molecule has 1 aromatic rings. The second-order valence-electron chi connectivity index (χ2n) is 4.24. The molecule has 0 saturated carbocycles. The quantitative estimate of drug-likeness (QED) is 0.625. The Morgan fingerprint density at radius 1 is 1.30 bits per heavy atom. The third kappa shape index (κ3) is 3.67. The Kier molecular flexibility index (Phi) is 4.63. The average Bonchev–Trinajstić information content (AvgIpc) is 2.69. The number of carbonyl (C=O) groups is 4. The Labute approximate surface area is 114 Å². The van der Waals surface area contributed by atoms with E-state index in [1.807, 2.05) is 0 Å². The van der Waals surface area contributed by atoms with Gasteiger partial charge in [0, 0.05) is 18.8 Å². The second kappa shape index (κ2) is 6.00. The molecule has 0 saturated heterocycles. The molecule has 0 radical (unpaired) electrons. The predicted molar refractivity (Wildman–Crippen MR) is 66.6 cm³/mol. The molecule has 1 amide bonds. The van der Waals surface area contributed by atoms with Gasteiger partial charge in [-0.3, -0.25) is 14.4 Å². The van der Waals surface area contributed by atoms with E-state index in [0.29, 0.717) is 5.56 Å². The SMILES string of the molecule is CC(=O)c1cc(C(=O)N[C@H](CC(=O)O)C(=O)O)n(C)c1. The molecular weight excluding hydrogens is 268 g/mol. The van der Waals surface area contributed by atoms with Gasteiger partial charge in [-0.15, -0.1) is 0 Å². The van der Waals surface area contributed by atoms with Crippen LogP contribution in [-0.2, 0) is 16.6 Å². The molecule has 108 valence electrons. The molecule has 20 heavy (non-hydrogen) atoms. The number of ketones is 1. The summed E-state index contributed by atoms with van der Waals surface area (Å²) in [6.45, 7) is 1.33. The number of aryl methyl sites for hydroxylation is 1. The predicted octanol–water partition coefficient (Wildman–Crippen LogP) is -0.115. The van der Waals surface area contributed by atoms with Crippen LogP contribution in [-0.4, -0.2) is 44.5 Å². The topological polar surface area (TPSA) is 126 Å². The van der Waals surface area contributed by atoms with Gasteiger partial charge in [0.1, 0.15) is 11.7 Å². The molecule has 0 aliphatic rings. The molecular formula is C12H14N2O6. The third-order valence-electron chi connectivity index (χ3n) is 2.63. The molecule has 1 heterocycles. The largest absolute Gasteiger partial charge is 0.481 e. The van der Waals surface area contributed by atoms with Crippen LogP contribution in [0.4, 0.5) is 0 Å². The fourth-order valence-corrected chi connectivity index (χ4v) is 1.59. The molecule has 8 nitrogen and oxygen atoms in total. The molecule has 1 rings (SSSR count). The van der Waals surface area contributed by atoms with Crippen LogP contribution >= 0.6 is 0 Å². The maximum absolute atomic E-state index is 11.9. The van der Waals surface area contributed by atoms with Crippen molar-refractivity contribution in [2.45, 2.75) is 19.4 Å². The smallest absolute Gasteiger partial charge is 0.326 e. The summed E-state index contributed by atoms with van der Waals surface area (Å²) in [5.41, 5.74) is 0.384. The highest BCUT2D eigenvalue weighted by Gasteiger charge is 2.25. The number of carboxylic acids is 2. The van der Waals surface area contributed by atoms with E-state index in [1.54, 1.807) is 0 Å². The molecule has 0 bridgehead atoms. The Hall–Kier alpha value is -2.64. The number of aromatic nitrogens is 1. The first-order chi connectivity index (χ1) is 9.22. The number of carbonyl (C=O) groups excluding carboxylic acids is 2. The van der Waals surface area contributed by atoms with E-state index in [2.05, 4.69) is 5.32 Å². The van der Waals surface area contributed by atoms with Crippen molar-refractivity contribution in [1.82, 2.24) is 9.88 Å². The summed E-state index contributed by atoms with van der Waals surface area (Å²) in [6.07, 6.45) is 0.704. The first-order valence-electron chi connectivity index (χ1n) is 5.65. The zero-order valence-electron chi connectivity index (χ0n) is 10.9. The lowest BCUT2D eigenvalue weighted by molar-refractivity contribution is -0.145. The van der Waals surface area contributed by atoms with Crippen molar-refractivity contribution in [3.8, 4) is 0 Å². The minimum atomic E-state index is -1.53. The highest BCUT2D eigenvalue weighted by atomic mass is 16.4. The van der Waals surface area contributed by atoms with Gasteiger partial charge in [-0.2, -0.15) is 0 Å². The summed E-state index contributed by atoms with van der Waals surface area (Å²) >= 11 is 0. The van der Waals surface area contributed by atoms with Crippen molar-refractivity contribution in [3.05, 3.63) is 23.5 Å². The van der Waals surface area contributed by atoms with Crippen molar-refractivity contribution in [3.63, 3.8) is 0 Å². The number of aliphatic carboxylic acids is 2. The Morgan fingerprint density at radius 3 is 2.30 bits per heavy atom.